The zero-order valence-corrected chi connectivity index (χ0v) is 11.7. The van der Waals surface area contributed by atoms with Crippen molar-refractivity contribution in [1.82, 2.24) is 4.31 Å². The quantitative estimate of drug-likeness (QED) is 0.888. The van der Waals surface area contributed by atoms with Crippen molar-refractivity contribution in [3.05, 3.63) is 29.8 Å². The molecule has 2 N–H and O–H groups in total. The molecule has 0 spiro atoms. The second-order valence-electron chi connectivity index (χ2n) is 4.99. The van der Waals surface area contributed by atoms with Gasteiger partial charge in [-0.15, -0.1) is 0 Å². The topological polar surface area (TPSA) is 63.4 Å². The molecule has 2 unspecified atom stereocenters. The van der Waals surface area contributed by atoms with Crippen LogP contribution in [0.5, 0.6) is 0 Å². The van der Waals surface area contributed by atoms with Crippen LogP contribution in [0.2, 0.25) is 0 Å². The minimum atomic E-state index is -3.47. The van der Waals surface area contributed by atoms with E-state index in [0.29, 0.717) is 11.4 Å². The molecule has 5 heteroatoms. The summed E-state index contributed by atoms with van der Waals surface area (Å²) in [7, 11) is -3.47. The SMILES string of the molecule is Cc1ccccc1S(=O)(=O)N1CCCC(C)C1N. The summed E-state index contributed by atoms with van der Waals surface area (Å²) < 4.78 is 26.7. The average Bonchev–Trinajstić information content (AvgIpc) is 2.32. The van der Waals surface area contributed by atoms with Crippen LogP contribution in [-0.2, 0) is 10.0 Å². The van der Waals surface area contributed by atoms with E-state index in [9.17, 15) is 8.42 Å². The van der Waals surface area contributed by atoms with Gasteiger partial charge >= 0.3 is 0 Å². The Morgan fingerprint density at radius 3 is 2.67 bits per heavy atom. The van der Waals surface area contributed by atoms with Gasteiger partial charge in [0.15, 0.2) is 0 Å². The van der Waals surface area contributed by atoms with Gasteiger partial charge in [-0.05, 0) is 37.3 Å². The number of rotatable bonds is 2. The fourth-order valence-corrected chi connectivity index (χ4v) is 4.30. The number of sulfonamides is 1. The van der Waals surface area contributed by atoms with Crippen molar-refractivity contribution in [3.8, 4) is 0 Å². The second-order valence-corrected chi connectivity index (χ2v) is 6.85. The van der Waals surface area contributed by atoms with Crippen LogP contribution >= 0.6 is 0 Å². The third kappa shape index (κ3) is 2.30. The number of hydrogen-bond donors (Lipinski definition) is 1. The Bertz CT molecular complexity index is 528. The molecule has 18 heavy (non-hydrogen) atoms. The third-order valence-electron chi connectivity index (χ3n) is 3.63. The molecule has 1 aromatic carbocycles. The highest BCUT2D eigenvalue weighted by Gasteiger charge is 2.35. The van der Waals surface area contributed by atoms with E-state index in [-0.39, 0.29) is 5.92 Å². The first-order valence-electron chi connectivity index (χ1n) is 6.27. The first-order valence-corrected chi connectivity index (χ1v) is 7.71. The first-order chi connectivity index (χ1) is 8.44. The van der Waals surface area contributed by atoms with Crippen molar-refractivity contribution in [2.75, 3.05) is 6.54 Å². The Morgan fingerprint density at radius 1 is 1.33 bits per heavy atom. The zero-order valence-electron chi connectivity index (χ0n) is 10.8. The highest BCUT2D eigenvalue weighted by Crippen LogP contribution is 2.27. The minimum absolute atomic E-state index is 0.206. The molecule has 1 aliphatic heterocycles. The molecule has 0 aliphatic carbocycles. The summed E-state index contributed by atoms with van der Waals surface area (Å²) in [6, 6.07) is 7.05. The molecular weight excluding hydrogens is 248 g/mol. The lowest BCUT2D eigenvalue weighted by atomic mass is 9.99. The summed E-state index contributed by atoms with van der Waals surface area (Å²) in [5.74, 6) is 0.206. The standard InChI is InChI=1S/C13H20N2O2S/c1-10-6-3-4-8-12(10)18(16,17)15-9-5-7-11(2)13(15)14/h3-4,6,8,11,13H,5,7,9,14H2,1-2H3. The smallest absolute Gasteiger partial charge is 0.244 e. The Kier molecular flexibility index (Phi) is 3.75. The van der Waals surface area contributed by atoms with Gasteiger partial charge in [-0.2, -0.15) is 4.31 Å². The van der Waals surface area contributed by atoms with Crippen molar-refractivity contribution < 1.29 is 8.42 Å². The van der Waals surface area contributed by atoms with Crippen LogP contribution < -0.4 is 5.73 Å². The number of aryl methyl sites for hydroxylation is 1. The molecule has 1 aliphatic rings. The number of nitrogens with zero attached hydrogens (tertiary/aromatic N) is 1. The van der Waals surface area contributed by atoms with Crippen LogP contribution in [-0.4, -0.2) is 25.4 Å². The molecule has 1 saturated heterocycles. The fraction of sp³-hybridized carbons (Fsp3) is 0.538. The van der Waals surface area contributed by atoms with E-state index in [0.717, 1.165) is 18.4 Å². The van der Waals surface area contributed by atoms with Crippen LogP contribution in [0.25, 0.3) is 0 Å². The number of benzene rings is 1. The number of hydrogen-bond acceptors (Lipinski definition) is 3. The second kappa shape index (κ2) is 4.99. The van der Waals surface area contributed by atoms with Gasteiger partial charge in [0.25, 0.3) is 0 Å². The monoisotopic (exact) mass is 268 g/mol. The highest BCUT2D eigenvalue weighted by molar-refractivity contribution is 7.89. The summed E-state index contributed by atoms with van der Waals surface area (Å²) in [6.07, 6.45) is 1.45. The van der Waals surface area contributed by atoms with E-state index in [1.165, 1.54) is 4.31 Å². The summed E-state index contributed by atoms with van der Waals surface area (Å²) in [4.78, 5) is 0.370. The lowest BCUT2D eigenvalue weighted by Crippen LogP contribution is -2.52. The lowest BCUT2D eigenvalue weighted by molar-refractivity contribution is 0.192. The molecule has 0 radical (unpaired) electrons. The van der Waals surface area contributed by atoms with Gasteiger partial charge in [0.2, 0.25) is 10.0 Å². The molecule has 4 nitrogen and oxygen atoms in total. The molecule has 1 fully saturated rings. The summed E-state index contributed by atoms with van der Waals surface area (Å²) in [5.41, 5.74) is 6.81. The number of nitrogens with two attached hydrogens (primary N) is 1. The van der Waals surface area contributed by atoms with E-state index in [1.54, 1.807) is 12.1 Å². The number of piperidine rings is 1. The van der Waals surface area contributed by atoms with Crippen molar-refractivity contribution in [2.24, 2.45) is 11.7 Å². The normalized spacial score (nSPS) is 26.2. The molecule has 2 atom stereocenters. The highest BCUT2D eigenvalue weighted by atomic mass is 32.2. The van der Waals surface area contributed by atoms with E-state index in [2.05, 4.69) is 0 Å². The molecule has 0 saturated carbocycles. The molecule has 1 aromatic rings. The fourth-order valence-electron chi connectivity index (χ4n) is 2.43. The van der Waals surface area contributed by atoms with Gasteiger partial charge in [0.05, 0.1) is 11.1 Å². The van der Waals surface area contributed by atoms with Gasteiger partial charge in [-0.3, -0.25) is 0 Å². The van der Waals surface area contributed by atoms with Crippen LogP contribution in [0, 0.1) is 12.8 Å². The van der Waals surface area contributed by atoms with Crippen LogP contribution in [0.3, 0.4) is 0 Å². The Labute approximate surface area is 109 Å². The maximum absolute atomic E-state index is 12.6. The van der Waals surface area contributed by atoms with Crippen LogP contribution in [0.15, 0.2) is 29.2 Å². The zero-order chi connectivity index (χ0) is 13.3. The summed E-state index contributed by atoms with van der Waals surface area (Å²) in [5, 5.41) is 0. The van der Waals surface area contributed by atoms with E-state index in [4.69, 9.17) is 5.73 Å². The average molecular weight is 268 g/mol. The van der Waals surface area contributed by atoms with Gasteiger partial charge < -0.3 is 5.73 Å². The third-order valence-corrected chi connectivity index (χ3v) is 5.69. The largest absolute Gasteiger partial charge is 0.315 e. The Hall–Kier alpha value is -0.910. The molecule has 0 amide bonds. The van der Waals surface area contributed by atoms with Crippen LogP contribution in [0.4, 0.5) is 0 Å². The molecule has 0 bridgehead atoms. The summed E-state index contributed by atoms with van der Waals surface area (Å²) in [6.45, 7) is 4.33. The lowest BCUT2D eigenvalue weighted by Gasteiger charge is -2.36. The summed E-state index contributed by atoms with van der Waals surface area (Å²) >= 11 is 0. The van der Waals surface area contributed by atoms with E-state index >= 15 is 0 Å². The van der Waals surface area contributed by atoms with Gasteiger partial charge in [0.1, 0.15) is 0 Å². The Morgan fingerprint density at radius 2 is 2.00 bits per heavy atom. The van der Waals surface area contributed by atoms with Gasteiger partial charge in [0, 0.05) is 6.54 Å². The molecule has 0 aromatic heterocycles. The Balaban J connectivity index is 2.40. The predicted octanol–water partition coefficient (Wildman–Crippen LogP) is 1.70. The minimum Gasteiger partial charge on any atom is -0.315 e. The van der Waals surface area contributed by atoms with Crippen molar-refractivity contribution in [2.45, 2.75) is 37.8 Å². The van der Waals surface area contributed by atoms with E-state index < -0.39 is 16.2 Å². The van der Waals surface area contributed by atoms with Crippen molar-refractivity contribution >= 4 is 10.0 Å². The molecular formula is C13H20N2O2S. The van der Waals surface area contributed by atoms with Gasteiger partial charge in [-0.25, -0.2) is 8.42 Å². The molecule has 100 valence electrons. The maximum Gasteiger partial charge on any atom is 0.244 e. The molecule has 1 heterocycles. The van der Waals surface area contributed by atoms with Crippen LogP contribution in [0.1, 0.15) is 25.3 Å². The molecule has 2 rings (SSSR count). The van der Waals surface area contributed by atoms with E-state index in [1.807, 2.05) is 26.0 Å². The maximum atomic E-state index is 12.6. The van der Waals surface area contributed by atoms with Gasteiger partial charge in [-0.1, -0.05) is 25.1 Å². The van der Waals surface area contributed by atoms with Crippen molar-refractivity contribution in [3.63, 3.8) is 0 Å². The predicted molar refractivity (Wildman–Crippen MR) is 71.4 cm³/mol. The van der Waals surface area contributed by atoms with Crippen molar-refractivity contribution in [1.29, 1.82) is 0 Å². The first kappa shape index (κ1) is 13.5.